The first-order chi connectivity index (χ1) is 15.5. The summed E-state index contributed by atoms with van der Waals surface area (Å²) in [6.07, 6.45) is 0.760. The first kappa shape index (κ1) is 22.8. The van der Waals surface area contributed by atoms with E-state index in [1.54, 1.807) is 31.2 Å². The maximum Gasteiger partial charge on any atom is 0.339 e. The van der Waals surface area contributed by atoms with Crippen molar-refractivity contribution in [2.75, 3.05) is 19.8 Å². The maximum atomic E-state index is 13.2. The Morgan fingerprint density at radius 2 is 1.91 bits per heavy atom. The number of oxime groups is 1. The van der Waals surface area contributed by atoms with Crippen LogP contribution in [0.25, 0.3) is 11.3 Å². The van der Waals surface area contributed by atoms with Gasteiger partial charge >= 0.3 is 5.97 Å². The first-order valence-corrected chi connectivity index (χ1v) is 10.1. The SMILES string of the molecule is CCCON=C(COc1ccc(OCC)c(C(=O)O)c1)c1cc(-c2ccc(F)cc2)no1. The third-order valence-corrected chi connectivity index (χ3v) is 4.26. The Bertz CT molecular complexity index is 1080. The highest BCUT2D eigenvalue weighted by Crippen LogP contribution is 2.25. The molecule has 3 rings (SSSR count). The molecule has 0 aliphatic heterocycles. The highest BCUT2D eigenvalue weighted by atomic mass is 19.1. The van der Waals surface area contributed by atoms with Crippen LogP contribution in [0.2, 0.25) is 0 Å². The largest absolute Gasteiger partial charge is 0.493 e. The molecule has 0 saturated carbocycles. The van der Waals surface area contributed by atoms with Crippen LogP contribution in [0.5, 0.6) is 11.5 Å². The van der Waals surface area contributed by atoms with Crippen LogP contribution >= 0.6 is 0 Å². The van der Waals surface area contributed by atoms with Gasteiger partial charge in [0.25, 0.3) is 0 Å². The number of carbonyl (C=O) groups is 1. The molecular weight excluding hydrogens is 419 g/mol. The van der Waals surface area contributed by atoms with Crippen LogP contribution in [0.3, 0.4) is 0 Å². The summed E-state index contributed by atoms with van der Waals surface area (Å²) in [6.45, 7) is 4.39. The highest BCUT2D eigenvalue weighted by Gasteiger charge is 2.17. The smallest absolute Gasteiger partial charge is 0.339 e. The van der Waals surface area contributed by atoms with E-state index in [1.807, 2.05) is 6.92 Å². The van der Waals surface area contributed by atoms with Crippen LogP contribution in [0, 0.1) is 5.82 Å². The Kier molecular flexibility index (Phi) is 7.80. The maximum absolute atomic E-state index is 13.2. The molecule has 9 heteroatoms. The zero-order valence-corrected chi connectivity index (χ0v) is 17.7. The molecule has 0 saturated heterocycles. The molecule has 0 aliphatic carbocycles. The number of nitrogens with zero attached hydrogens (tertiary/aromatic N) is 2. The van der Waals surface area contributed by atoms with E-state index in [4.69, 9.17) is 18.8 Å². The summed E-state index contributed by atoms with van der Waals surface area (Å²) >= 11 is 0. The second-order valence-corrected chi connectivity index (χ2v) is 6.64. The van der Waals surface area contributed by atoms with Crippen LogP contribution in [0.1, 0.15) is 36.4 Å². The van der Waals surface area contributed by atoms with Crippen LogP contribution in [0.4, 0.5) is 4.39 Å². The molecule has 2 aromatic carbocycles. The zero-order chi connectivity index (χ0) is 22.9. The number of halogens is 1. The number of benzene rings is 2. The van der Waals surface area contributed by atoms with Gasteiger partial charge in [-0.25, -0.2) is 9.18 Å². The van der Waals surface area contributed by atoms with Crippen molar-refractivity contribution < 1.29 is 33.1 Å². The lowest BCUT2D eigenvalue weighted by Gasteiger charge is -2.11. The summed E-state index contributed by atoms with van der Waals surface area (Å²) in [5.41, 5.74) is 1.49. The van der Waals surface area contributed by atoms with Crippen molar-refractivity contribution >= 4 is 11.7 Å². The minimum atomic E-state index is -1.13. The number of hydrogen-bond donors (Lipinski definition) is 1. The third-order valence-electron chi connectivity index (χ3n) is 4.26. The third kappa shape index (κ3) is 5.84. The summed E-state index contributed by atoms with van der Waals surface area (Å²) in [5, 5.41) is 17.5. The number of hydrogen-bond acceptors (Lipinski definition) is 7. The van der Waals surface area contributed by atoms with Gasteiger partial charge in [0, 0.05) is 11.6 Å². The lowest BCUT2D eigenvalue weighted by atomic mass is 10.1. The van der Waals surface area contributed by atoms with E-state index < -0.39 is 5.97 Å². The molecule has 0 bridgehead atoms. The van der Waals surface area contributed by atoms with Gasteiger partial charge in [0.15, 0.2) is 11.5 Å². The lowest BCUT2D eigenvalue weighted by Crippen LogP contribution is -2.14. The monoisotopic (exact) mass is 442 g/mol. The Hall–Kier alpha value is -3.88. The van der Waals surface area contributed by atoms with Gasteiger partial charge in [0.05, 0.1) is 6.61 Å². The second kappa shape index (κ2) is 10.9. The highest BCUT2D eigenvalue weighted by molar-refractivity contribution is 5.99. The van der Waals surface area contributed by atoms with Crippen molar-refractivity contribution in [3.63, 3.8) is 0 Å². The van der Waals surface area contributed by atoms with Crippen LogP contribution in [0.15, 0.2) is 58.2 Å². The van der Waals surface area contributed by atoms with Gasteiger partial charge in [-0.1, -0.05) is 17.2 Å². The van der Waals surface area contributed by atoms with Gasteiger partial charge in [0.2, 0.25) is 0 Å². The van der Waals surface area contributed by atoms with Gasteiger partial charge in [-0.3, -0.25) is 0 Å². The van der Waals surface area contributed by atoms with E-state index in [0.717, 1.165) is 6.42 Å². The minimum Gasteiger partial charge on any atom is -0.493 e. The van der Waals surface area contributed by atoms with E-state index in [1.165, 1.54) is 24.3 Å². The Balaban J connectivity index is 1.80. The van der Waals surface area contributed by atoms with Crippen LogP contribution in [-0.2, 0) is 4.84 Å². The van der Waals surface area contributed by atoms with E-state index in [-0.39, 0.29) is 23.7 Å². The van der Waals surface area contributed by atoms with E-state index in [0.29, 0.717) is 41.7 Å². The van der Waals surface area contributed by atoms with E-state index >= 15 is 0 Å². The first-order valence-electron chi connectivity index (χ1n) is 10.1. The fraction of sp³-hybridized carbons (Fsp3) is 0.261. The van der Waals surface area contributed by atoms with Crippen LogP contribution < -0.4 is 9.47 Å². The van der Waals surface area contributed by atoms with E-state index in [9.17, 15) is 14.3 Å². The second-order valence-electron chi connectivity index (χ2n) is 6.64. The van der Waals surface area contributed by atoms with Crippen LogP contribution in [-0.4, -0.2) is 41.8 Å². The molecule has 0 amide bonds. The number of carboxylic acids is 1. The van der Waals surface area contributed by atoms with Crippen molar-refractivity contribution in [1.82, 2.24) is 5.16 Å². The predicted octanol–water partition coefficient (Wildman–Crippen LogP) is 4.79. The average molecular weight is 442 g/mol. The Labute approximate surface area is 184 Å². The topological polar surface area (TPSA) is 103 Å². The van der Waals surface area contributed by atoms with Crippen molar-refractivity contribution in [3.05, 3.63) is 65.7 Å². The molecule has 8 nitrogen and oxygen atoms in total. The summed E-state index contributed by atoms with van der Waals surface area (Å²) in [7, 11) is 0. The molecule has 1 N–H and O–H groups in total. The van der Waals surface area contributed by atoms with Crippen molar-refractivity contribution in [2.45, 2.75) is 20.3 Å². The summed E-state index contributed by atoms with van der Waals surface area (Å²) in [6, 6.07) is 12.0. The zero-order valence-electron chi connectivity index (χ0n) is 17.7. The molecule has 0 radical (unpaired) electrons. The quantitative estimate of drug-likeness (QED) is 0.259. The molecule has 32 heavy (non-hydrogen) atoms. The number of aromatic nitrogens is 1. The van der Waals surface area contributed by atoms with Crippen molar-refractivity contribution in [1.29, 1.82) is 0 Å². The predicted molar refractivity (Wildman–Crippen MR) is 115 cm³/mol. The molecule has 0 aliphatic rings. The molecule has 0 spiro atoms. The van der Waals surface area contributed by atoms with Gasteiger partial charge in [-0.15, -0.1) is 0 Å². The standard InChI is InChI=1S/C23H23FN2O6/c1-3-11-31-25-20(22-13-19(26-32-22)15-5-7-16(24)8-6-15)14-30-17-9-10-21(29-4-2)18(12-17)23(27)28/h5-10,12-13H,3-4,11,14H2,1-2H3,(H,27,28). The average Bonchev–Trinajstić information content (AvgIpc) is 3.27. The van der Waals surface area contributed by atoms with Gasteiger partial charge in [-0.05, 0) is 55.8 Å². The normalized spacial score (nSPS) is 11.3. The van der Waals surface area contributed by atoms with Crippen molar-refractivity contribution in [3.8, 4) is 22.8 Å². The number of carboxylic acid groups (broad SMARTS) is 1. The molecule has 0 fully saturated rings. The summed E-state index contributed by atoms with van der Waals surface area (Å²) < 4.78 is 29.7. The molecule has 168 valence electrons. The summed E-state index contributed by atoms with van der Waals surface area (Å²) in [4.78, 5) is 16.8. The number of rotatable bonds is 11. The van der Waals surface area contributed by atoms with Gasteiger partial charge in [0.1, 0.15) is 41.8 Å². The fourth-order valence-corrected chi connectivity index (χ4v) is 2.72. The summed E-state index contributed by atoms with van der Waals surface area (Å²) in [5.74, 6) is -0.598. The Morgan fingerprint density at radius 3 is 2.59 bits per heavy atom. The molecule has 1 heterocycles. The molecule has 0 unspecified atom stereocenters. The van der Waals surface area contributed by atoms with Crippen molar-refractivity contribution in [2.24, 2.45) is 5.16 Å². The molecular formula is C23H23FN2O6. The fourth-order valence-electron chi connectivity index (χ4n) is 2.72. The molecule has 1 aromatic heterocycles. The minimum absolute atomic E-state index is 0.0108. The lowest BCUT2D eigenvalue weighted by molar-refractivity contribution is 0.0692. The Morgan fingerprint density at radius 1 is 1.12 bits per heavy atom. The number of ether oxygens (including phenoxy) is 2. The number of aromatic carboxylic acids is 1. The molecule has 3 aromatic rings. The van der Waals surface area contributed by atoms with Gasteiger partial charge < -0.3 is 23.9 Å². The van der Waals surface area contributed by atoms with E-state index in [2.05, 4.69) is 10.3 Å². The van der Waals surface area contributed by atoms with Gasteiger partial charge in [-0.2, -0.15) is 0 Å². The molecule has 0 atom stereocenters.